The number of nitrogens with zero attached hydrogens (tertiary/aromatic N) is 1. The van der Waals surface area contributed by atoms with Crippen molar-refractivity contribution in [2.75, 3.05) is 5.32 Å². The van der Waals surface area contributed by atoms with E-state index in [9.17, 15) is 22.8 Å². The van der Waals surface area contributed by atoms with E-state index in [0.29, 0.717) is 5.03 Å². The number of carbonyl (C=O) groups excluding carboxylic acids is 2. The lowest BCUT2D eigenvalue weighted by atomic mass is 10.2. The number of hydrogen-bond donors (Lipinski definition) is 2. The molecule has 32 heavy (non-hydrogen) atoms. The highest BCUT2D eigenvalue weighted by molar-refractivity contribution is 7.99. The summed E-state index contributed by atoms with van der Waals surface area (Å²) in [5.41, 5.74) is -0.642. The minimum absolute atomic E-state index is 0.0474. The normalized spacial score (nSPS) is 11.2. The van der Waals surface area contributed by atoms with E-state index >= 15 is 0 Å². The summed E-state index contributed by atoms with van der Waals surface area (Å²) in [5.74, 6) is -0.794. The summed E-state index contributed by atoms with van der Waals surface area (Å²) in [6.45, 7) is 0. The summed E-state index contributed by atoms with van der Waals surface area (Å²) in [4.78, 5) is 28.6. The molecule has 0 saturated carbocycles. The number of hydrogen-bond acceptors (Lipinski definition) is 4. The minimum atomic E-state index is -4.50. The fourth-order valence-corrected chi connectivity index (χ4v) is 4.05. The second-order valence-electron chi connectivity index (χ2n) is 6.14. The molecule has 0 radical (unpaired) electrons. The van der Waals surface area contributed by atoms with E-state index in [0.717, 1.165) is 30.0 Å². The molecule has 0 aliphatic carbocycles. The Labute approximate surface area is 199 Å². The van der Waals surface area contributed by atoms with Gasteiger partial charge in [0.25, 0.3) is 5.91 Å². The predicted molar refractivity (Wildman–Crippen MR) is 118 cm³/mol. The molecule has 166 valence electrons. The molecule has 3 amide bonds. The van der Waals surface area contributed by atoms with Gasteiger partial charge in [0.05, 0.1) is 38.1 Å². The number of amides is 3. The van der Waals surface area contributed by atoms with E-state index in [1.807, 2.05) is 0 Å². The molecule has 1 aromatic heterocycles. The highest BCUT2D eigenvalue weighted by Crippen LogP contribution is 2.38. The SMILES string of the molecule is O=C(NC(=O)c1c(Cl)cccc1Cl)Nc1ccc(Sc2cc(C(F)(F)F)ccc2Cl)nc1. The van der Waals surface area contributed by atoms with Crippen LogP contribution >= 0.6 is 46.6 Å². The van der Waals surface area contributed by atoms with Crippen molar-refractivity contribution in [1.29, 1.82) is 0 Å². The first-order valence-corrected chi connectivity index (χ1v) is 10.6. The van der Waals surface area contributed by atoms with Gasteiger partial charge in [-0.3, -0.25) is 10.1 Å². The molecule has 0 unspecified atom stereocenters. The zero-order valence-electron chi connectivity index (χ0n) is 15.6. The lowest BCUT2D eigenvalue weighted by Crippen LogP contribution is -2.34. The number of pyridine rings is 1. The van der Waals surface area contributed by atoms with E-state index in [4.69, 9.17) is 34.8 Å². The van der Waals surface area contributed by atoms with Crippen molar-refractivity contribution in [1.82, 2.24) is 10.3 Å². The van der Waals surface area contributed by atoms with Crippen molar-refractivity contribution in [3.63, 3.8) is 0 Å². The molecule has 0 aliphatic heterocycles. The van der Waals surface area contributed by atoms with E-state index < -0.39 is 23.7 Å². The van der Waals surface area contributed by atoms with Crippen LogP contribution in [0.2, 0.25) is 15.1 Å². The Bertz CT molecular complexity index is 1150. The van der Waals surface area contributed by atoms with Crippen LogP contribution < -0.4 is 10.6 Å². The number of benzene rings is 2. The average molecular weight is 521 g/mol. The molecule has 5 nitrogen and oxygen atoms in total. The third-order valence-corrected chi connectivity index (χ3v) is 5.96. The molecule has 0 fully saturated rings. The van der Waals surface area contributed by atoms with Crippen LogP contribution in [-0.4, -0.2) is 16.9 Å². The Morgan fingerprint density at radius 2 is 1.62 bits per heavy atom. The molecule has 2 N–H and O–H groups in total. The predicted octanol–water partition coefficient (Wildman–Crippen LogP) is 7.17. The topological polar surface area (TPSA) is 71.1 Å². The molecule has 0 aliphatic rings. The van der Waals surface area contributed by atoms with Crippen LogP contribution in [0.5, 0.6) is 0 Å². The summed E-state index contributed by atoms with van der Waals surface area (Å²) in [6.07, 6.45) is -3.23. The van der Waals surface area contributed by atoms with Crippen LogP contribution in [0.25, 0.3) is 0 Å². The van der Waals surface area contributed by atoms with E-state index in [2.05, 4.69) is 15.6 Å². The number of carbonyl (C=O) groups is 2. The summed E-state index contributed by atoms with van der Waals surface area (Å²) in [5, 5.41) is 5.15. The standard InChI is InChI=1S/C20H11Cl3F3N3O2S/c21-12-6-4-10(20(24,25)26)8-15(12)32-16-7-5-11(9-27-16)28-19(31)29-18(30)17-13(22)2-1-3-14(17)23/h1-9H,(H2,28,29,30,31). The molecule has 0 atom stereocenters. The van der Waals surface area contributed by atoms with Gasteiger partial charge in [0, 0.05) is 4.90 Å². The molecule has 3 aromatic rings. The van der Waals surface area contributed by atoms with Gasteiger partial charge in [-0.25, -0.2) is 9.78 Å². The first-order chi connectivity index (χ1) is 15.0. The first-order valence-electron chi connectivity index (χ1n) is 8.61. The summed E-state index contributed by atoms with van der Waals surface area (Å²) in [6, 6.07) is 9.53. The van der Waals surface area contributed by atoms with Crippen molar-refractivity contribution in [3.05, 3.63) is 80.9 Å². The monoisotopic (exact) mass is 519 g/mol. The average Bonchev–Trinajstić information content (AvgIpc) is 2.70. The maximum absolute atomic E-state index is 12.9. The van der Waals surface area contributed by atoms with Gasteiger partial charge in [-0.05, 0) is 42.5 Å². The second kappa shape index (κ2) is 9.99. The molecular weight excluding hydrogens is 510 g/mol. The maximum atomic E-state index is 12.9. The summed E-state index contributed by atoms with van der Waals surface area (Å²) >= 11 is 18.8. The Kier molecular flexibility index (Phi) is 7.55. The van der Waals surface area contributed by atoms with Gasteiger partial charge in [-0.15, -0.1) is 0 Å². The van der Waals surface area contributed by atoms with Gasteiger partial charge in [-0.2, -0.15) is 13.2 Å². The van der Waals surface area contributed by atoms with Gasteiger partial charge >= 0.3 is 12.2 Å². The Morgan fingerprint density at radius 1 is 0.938 bits per heavy atom. The zero-order chi connectivity index (χ0) is 23.5. The summed E-state index contributed by atoms with van der Waals surface area (Å²) < 4.78 is 38.7. The van der Waals surface area contributed by atoms with Crippen molar-refractivity contribution in [2.45, 2.75) is 16.1 Å². The highest BCUT2D eigenvalue weighted by Gasteiger charge is 2.31. The van der Waals surface area contributed by atoms with E-state index in [-0.39, 0.29) is 31.2 Å². The molecule has 12 heteroatoms. The Hall–Kier alpha value is -2.46. The van der Waals surface area contributed by atoms with Crippen molar-refractivity contribution >= 4 is 64.2 Å². The van der Waals surface area contributed by atoms with Crippen molar-refractivity contribution < 1.29 is 22.8 Å². The highest BCUT2D eigenvalue weighted by atomic mass is 35.5. The molecule has 0 saturated heterocycles. The zero-order valence-corrected chi connectivity index (χ0v) is 18.7. The van der Waals surface area contributed by atoms with Gasteiger partial charge in [0.15, 0.2) is 0 Å². The lowest BCUT2D eigenvalue weighted by Gasteiger charge is -2.11. The molecule has 2 aromatic carbocycles. The van der Waals surface area contributed by atoms with E-state index in [1.54, 1.807) is 6.07 Å². The number of rotatable bonds is 4. The number of aromatic nitrogens is 1. The van der Waals surface area contributed by atoms with E-state index in [1.165, 1.54) is 30.5 Å². The number of nitrogens with one attached hydrogen (secondary N) is 2. The van der Waals surface area contributed by atoms with Crippen molar-refractivity contribution in [2.24, 2.45) is 0 Å². The first kappa shape index (κ1) is 24.2. The minimum Gasteiger partial charge on any atom is -0.306 e. The smallest absolute Gasteiger partial charge is 0.306 e. The van der Waals surface area contributed by atoms with Crippen LogP contribution in [-0.2, 0) is 6.18 Å². The number of anilines is 1. The van der Waals surface area contributed by atoms with Gasteiger partial charge < -0.3 is 5.32 Å². The second-order valence-corrected chi connectivity index (χ2v) is 8.42. The molecular formula is C20H11Cl3F3N3O2S. The third-order valence-electron chi connectivity index (χ3n) is 3.88. The number of halogens is 6. The number of imide groups is 1. The van der Waals surface area contributed by atoms with Crippen LogP contribution in [0.3, 0.4) is 0 Å². The largest absolute Gasteiger partial charge is 0.416 e. The Balaban J connectivity index is 1.65. The van der Waals surface area contributed by atoms with Crippen LogP contribution in [0.1, 0.15) is 15.9 Å². The Morgan fingerprint density at radius 3 is 2.22 bits per heavy atom. The molecule has 3 rings (SSSR count). The molecule has 1 heterocycles. The third kappa shape index (κ3) is 6.07. The molecule has 0 spiro atoms. The van der Waals surface area contributed by atoms with Gasteiger partial charge in [-0.1, -0.05) is 52.6 Å². The van der Waals surface area contributed by atoms with Crippen LogP contribution in [0.4, 0.5) is 23.7 Å². The number of urea groups is 1. The quantitative estimate of drug-likeness (QED) is 0.382. The van der Waals surface area contributed by atoms with Crippen LogP contribution in [0.15, 0.2) is 64.6 Å². The lowest BCUT2D eigenvalue weighted by molar-refractivity contribution is -0.137. The fraction of sp³-hybridized carbons (Fsp3) is 0.0500. The maximum Gasteiger partial charge on any atom is 0.416 e. The van der Waals surface area contributed by atoms with Gasteiger partial charge in [0.1, 0.15) is 5.03 Å². The fourth-order valence-electron chi connectivity index (χ4n) is 2.43. The van der Waals surface area contributed by atoms with Crippen molar-refractivity contribution in [3.8, 4) is 0 Å². The molecule has 0 bridgehead atoms. The number of alkyl halides is 3. The summed E-state index contributed by atoms with van der Waals surface area (Å²) in [7, 11) is 0. The van der Waals surface area contributed by atoms with Gasteiger partial charge in [0.2, 0.25) is 0 Å². The van der Waals surface area contributed by atoms with Crippen LogP contribution in [0, 0.1) is 0 Å².